The maximum atomic E-state index is 12.7. The van der Waals surface area contributed by atoms with Crippen LogP contribution in [0.4, 0.5) is 0 Å². The van der Waals surface area contributed by atoms with E-state index in [2.05, 4.69) is 19.1 Å². The summed E-state index contributed by atoms with van der Waals surface area (Å²) in [6.07, 6.45) is 1.89. The Hall–Kier alpha value is -2.65. The smallest absolute Gasteiger partial charge is 0.338 e. The van der Waals surface area contributed by atoms with Crippen LogP contribution < -0.4 is 0 Å². The van der Waals surface area contributed by atoms with Crippen molar-refractivity contribution in [3.63, 3.8) is 0 Å². The fourth-order valence-electron chi connectivity index (χ4n) is 3.39. The van der Waals surface area contributed by atoms with Gasteiger partial charge in [-0.05, 0) is 53.6 Å². The van der Waals surface area contributed by atoms with Gasteiger partial charge in [0.2, 0.25) is 0 Å². The minimum Gasteiger partial charge on any atom is -0.458 e. The fourth-order valence-corrected chi connectivity index (χ4v) is 3.39. The van der Waals surface area contributed by atoms with Crippen molar-refractivity contribution in [2.45, 2.75) is 32.3 Å². The first-order valence-electron chi connectivity index (χ1n) is 9.52. The summed E-state index contributed by atoms with van der Waals surface area (Å²) in [4.78, 5) is 12.7. The van der Waals surface area contributed by atoms with Crippen molar-refractivity contribution >= 4 is 16.7 Å². The van der Waals surface area contributed by atoms with E-state index in [1.807, 2.05) is 60.7 Å². The summed E-state index contributed by atoms with van der Waals surface area (Å²) in [5.41, 5.74) is 1.79. The Morgan fingerprint density at radius 1 is 0.963 bits per heavy atom. The lowest BCUT2D eigenvalue weighted by atomic mass is 9.93. The molecule has 140 valence electrons. The van der Waals surface area contributed by atoms with Gasteiger partial charge in [-0.1, -0.05) is 67.6 Å². The molecule has 0 aliphatic rings. The Morgan fingerprint density at radius 3 is 2.41 bits per heavy atom. The molecule has 0 radical (unpaired) electrons. The van der Waals surface area contributed by atoms with Crippen molar-refractivity contribution in [1.29, 1.82) is 0 Å². The number of esters is 1. The molecule has 0 spiro atoms. The standard InChI is InChI=1S/C24H26O3/c1-18(16-19-8-3-2-4-9-19)23(12-7-15-25)27-24(26)22-14-13-20-10-5-6-11-21(20)17-22/h2-6,8-11,13-14,17-18,23,25H,7,12,15-16H2,1H3. The van der Waals surface area contributed by atoms with Crippen molar-refractivity contribution in [3.8, 4) is 0 Å². The molecule has 0 saturated carbocycles. The third-order valence-corrected chi connectivity index (χ3v) is 4.93. The first kappa shape index (κ1) is 19.1. The lowest BCUT2D eigenvalue weighted by molar-refractivity contribution is 0.0116. The number of hydrogen-bond acceptors (Lipinski definition) is 3. The van der Waals surface area contributed by atoms with Crippen LogP contribution in [-0.2, 0) is 11.2 Å². The number of carbonyl (C=O) groups is 1. The largest absolute Gasteiger partial charge is 0.458 e. The van der Waals surface area contributed by atoms with Gasteiger partial charge in [0.05, 0.1) is 5.56 Å². The number of hydrogen-bond donors (Lipinski definition) is 1. The fraction of sp³-hybridized carbons (Fsp3) is 0.292. The van der Waals surface area contributed by atoms with Gasteiger partial charge in [0.25, 0.3) is 0 Å². The molecule has 27 heavy (non-hydrogen) atoms. The van der Waals surface area contributed by atoms with E-state index in [-0.39, 0.29) is 24.6 Å². The Balaban J connectivity index is 1.72. The van der Waals surface area contributed by atoms with Gasteiger partial charge in [-0.2, -0.15) is 0 Å². The molecule has 3 aromatic rings. The van der Waals surface area contributed by atoms with Crippen molar-refractivity contribution in [3.05, 3.63) is 83.9 Å². The molecule has 3 rings (SSSR count). The minimum atomic E-state index is -0.302. The third-order valence-electron chi connectivity index (χ3n) is 4.93. The summed E-state index contributed by atoms with van der Waals surface area (Å²) in [5.74, 6) is -0.132. The molecule has 0 aromatic heterocycles. The molecular formula is C24H26O3. The molecule has 3 heteroatoms. The van der Waals surface area contributed by atoms with Crippen molar-refractivity contribution < 1.29 is 14.6 Å². The molecule has 0 heterocycles. The zero-order valence-corrected chi connectivity index (χ0v) is 15.7. The molecule has 2 unspecified atom stereocenters. The predicted molar refractivity (Wildman–Crippen MR) is 109 cm³/mol. The average molecular weight is 362 g/mol. The number of rotatable bonds is 8. The highest BCUT2D eigenvalue weighted by atomic mass is 16.5. The molecular weight excluding hydrogens is 336 g/mol. The third kappa shape index (κ3) is 5.18. The average Bonchev–Trinajstić information content (AvgIpc) is 2.71. The van der Waals surface area contributed by atoms with Crippen LogP contribution in [0.2, 0.25) is 0 Å². The van der Waals surface area contributed by atoms with E-state index in [0.717, 1.165) is 17.2 Å². The van der Waals surface area contributed by atoms with Crippen LogP contribution in [0.1, 0.15) is 35.7 Å². The quantitative estimate of drug-likeness (QED) is 0.573. The predicted octanol–water partition coefficient (Wildman–Crippen LogP) is 5.02. The molecule has 0 bridgehead atoms. The maximum Gasteiger partial charge on any atom is 0.338 e. The maximum absolute atomic E-state index is 12.7. The highest BCUT2D eigenvalue weighted by Crippen LogP contribution is 2.22. The van der Waals surface area contributed by atoms with Crippen LogP contribution in [-0.4, -0.2) is 23.8 Å². The van der Waals surface area contributed by atoms with Gasteiger partial charge in [-0.25, -0.2) is 4.79 Å². The number of fused-ring (bicyclic) bond motifs is 1. The molecule has 0 amide bonds. The summed E-state index contributed by atoms with van der Waals surface area (Å²) in [6.45, 7) is 2.20. The summed E-state index contributed by atoms with van der Waals surface area (Å²) in [6, 6.07) is 23.8. The highest BCUT2D eigenvalue weighted by Gasteiger charge is 2.22. The second-order valence-electron chi connectivity index (χ2n) is 7.04. The van der Waals surface area contributed by atoms with Crippen LogP contribution in [0.25, 0.3) is 10.8 Å². The first-order chi connectivity index (χ1) is 13.2. The Morgan fingerprint density at radius 2 is 1.67 bits per heavy atom. The summed E-state index contributed by atoms with van der Waals surface area (Å²) in [7, 11) is 0. The summed E-state index contributed by atoms with van der Waals surface area (Å²) in [5, 5.41) is 11.3. The number of benzene rings is 3. The molecule has 1 N–H and O–H groups in total. The molecule has 0 fully saturated rings. The monoisotopic (exact) mass is 362 g/mol. The van der Waals surface area contributed by atoms with Crippen LogP contribution in [0, 0.1) is 5.92 Å². The van der Waals surface area contributed by atoms with E-state index in [1.165, 1.54) is 5.56 Å². The minimum absolute atomic E-state index is 0.0993. The van der Waals surface area contributed by atoms with Gasteiger partial charge in [0.15, 0.2) is 0 Å². The van der Waals surface area contributed by atoms with Gasteiger partial charge < -0.3 is 9.84 Å². The van der Waals surface area contributed by atoms with Gasteiger partial charge in [0, 0.05) is 6.61 Å². The Labute approximate surface area is 160 Å². The van der Waals surface area contributed by atoms with Gasteiger partial charge >= 0.3 is 5.97 Å². The number of ether oxygens (including phenoxy) is 1. The molecule has 2 atom stereocenters. The van der Waals surface area contributed by atoms with Gasteiger partial charge in [-0.3, -0.25) is 0 Å². The van der Waals surface area contributed by atoms with Gasteiger partial charge in [0.1, 0.15) is 6.10 Å². The number of aliphatic hydroxyl groups is 1. The number of carbonyl (C=O) groups excluding carboxylic acids is 1. The zero-order valence-electron chi connectivity index (χ0n) is 15.7. The van der Waals surface area contributed by atoms with E-state index in [1.54, 1.807) is 0 Å². The topological polar surface area (TPSA) is 46.5 Å². The molecule has 3 aromatic carbocycles. The zero-order chi connectivity index (χ0) is 19.1. The van der Waals surface area contributed by atoms with Crippen LogP contribution in [0.3, 0.4) is 0 Å². The van der Waals surface area contributed by atoms with Crippen LogP contribution >= 0.6 is 0 Å². The van der Waals surface area contributed by atoms with E-state index in [4.69, 9.17) is 4.74 Å². The summed E-state index contributed by atoms with van der Waals surface area (Å²) < 4.78 is 5.87. The van der Waals surface area contributed by atoms with Crippen LogP contribution in [0.5, 0.6) is 0 Å². The normalized spacial score (nSPS) is 13.3. The highest BCUT2D eigenvalue weighted by molar-refractivity contribution is 5.95. The van der Waals surface area contributed by atoms with Gasteiger partial charge in [-0.15, -0.1) is 0 Å². The molecule has 0 aliphatic carbocycles. The van der Waals surface area contributed by atoms with Crippen LogP contribution in [0.15, 0.2) is 72.8 Å². The van der Waals surface area contributed by atoms with Crippen molar-refractivity contribution in [2.24, 2.45) is 5.92 Å². The lowest BCUT2D eigenvalue weighted by Gasteiger charge is -2.24. The van der Waals surface area contributed by atoms with E-state index >= 15 is 0 Å². The molecule has 3 nitrogen and oxygen atoms in total. The SMILES string of the molecule is CC(Cc1ccccc1)C(CCCO)OC(=O)c1ccc2ccccc2c1. The van der Waals surface area contributed by atoms with E-state index < -0.39 is 0 Å². The number of aliphatic hydroxyl groups excluding tert-OH is 1. The first-order valence-corrected chi connectivity index (χ1v) is 9.52. The Kier molecular flexibility index (Phi) is 6.61. The molecule has 0 aliphatic heterocycles. The lowest BCUT2D eigenvalue weighted by Crippen LogP contribution is -2.27. The van der Waals surface area contributed by atoms with E-state index in [0.29, 0.717) is 18.4 Å². The van der Waals surface area contributed by atoms with E-state index in [9.17, 15) is 9.90 Å². The van der Waals surface area contributed by atoms with Crippen molar-refractivity contribution in [1.82, 2.24) is 0 Å². The molecule has 0 saturated heterocycles. The summed E-state index contributed by atoms with van der Waals surface area (Å²) >= 11 is 0. The second kappa shape index (κ2) is 9.33. The Bertz CT molecular complexity index is 873. The second-order valence-corrected chi connectivity index (χ2v) is 7.04. The van der Waals surface area contributed by atoms with Crippen molar-refractivity contribution in [2.75, 3.05) is 6.61 Å².